The van der Waals surface area contributed by atoms with Gasteiger partial charge in [-0.3, -0.25) is 4.79 Å². The quantitative estimate of drug-likeness (QED) is 0.428. The van der Waals surface area contributed by atoms with Gasteiger partial charge < -0.3 is 9.47 Å². The zero-order valence-electron chi connectivity index (χ0n) is 11.4. The molecular formula is C11H14F6O4. The summed E-state index contributed by atoms with van der Waals surface area (Å²) in [5.74, 6) is -15.1. The first-order valence-corrected chi connectivity index (χ1v) is 5.62. The Morgan fingerprint density at radius 1 is 0.905 bits per heavy atom. The molecule has 124 valence electrons. The molecule has 0 saturated heterocycles. The monoisotopic (exact) mass is 324 g/mol. The highest BCUT2D eigenvalue weighted by molar-refractivity contribution is 5.79. The Labute approximate surface area is 116 Å². The van der Waals surface area contributed by atoms with Gasteiger partial charge in [0.25, 0.3) is 0 Å². The van der Waals surface area contributed by atoms with E-state index in [4.69, 9.17) is 0 Å². The molecule has 0 aliphatic heterocycles. The van der Waals surface area contributed by atoms with Crippen LogP contribution >= 0.6 is 0 Å². The Morgan fingerprint density at radius 3 is 1.62 bits per heavy atom. The molecule has 0 bridgehead atoms. The maximum atomic E-state index is 12.8. The average molecular weight is 324 g/mol. The lowest BCUT2D eigenvalue weighted by Crippen LogP contribution is -2.52. The van der Waals surface area contributed by atoms with E-state index in [2.05, 4.69) is 9.47 Å². The SMILES string of the molecule is CC(C)(C)C(=O)OCCOC(=O)C(F)(F)C(F)(F)C(F)F. The predicted molar refractivity (Wildman–Crippen MR) is 57.3 cm³/mol. The minimum Gasteiger partial charge on any atom is -0.462 e. The Balaban J connectivity index is 4.43. The minimum atomic E-state index is -5.85. The van der Waals surface area contributed by atoms with Gasteiger partial charge in [-0.2, -0.15) is 17.6 Å². The maximum absolute atomic E-state index is 12.8. The second-order valence-corrected chi connectivity index (χ2v) is 5.02. The van der Waals surface area contributed by atoms with Crippen molar-refractivity contribution in [3.8, 4) is 0 Å². The van der Waals surface area contributed by atoms with Crippen LogP contribution in [-0.2, 0) is 19.1 Å². The summed E-state index contributed by atoms with van der Waals surface area (Å²) in [7, 11) is 0. The highest BCUT2D eigenvalue weighted by Gasteiger charge is 2.68. The highest BCUT2D eigenvalue weighted by atomic mass is 19.3. The fraction of sp³-hybridized carbons (Fsp3) is 0.818. The third-order valence-corrected chi connectivity index (χ3v) is 2.11. The summed E-state index contributed by atoms with van der Waals surface area (Å²) in [6, 6.07) is 0. The van der Waals surface area contributed by atoms with Crippen molar-refractivity contribution in [3.05, 3.63) is 0 Å². The van der Waals surface area contributed by atoms with Crippen LogP contribution in [0.1, 0.15) is 20.8 Å². The molecule has 0 unspecified atom stereocenters. The van der Waals surface area contributed by atoms with E-state index in [9.17, 15) is 35.9 Å². The summed E-state index contributed by atoms with van der Waals surface area (Å²) in [4.78, 5) is 22.0. The molecule has 21 heavy (non-hydrogen) atoms. The maximum Gasteiger partial charge on any atom is 0.410 e. The lowest BCUT2D eigenvalue weighted by atomic mass is 9.97. The molecule has 0 radical (unpaired) electrons. The second kappa shape index (κ2) is 6.52. The van der Waals surface area contributed by atoms with Crippen LogP contribution in [0.5, 0.6) is 0 Å². The van der Waals surface area contributed by atoms with Crippen molar-refractivity contribution in [1.29, 1.82) is 0 Å². The van der Waals surface area contributed by atoms with E-state index < -0.39 is 48.8 Å². The average Bonchev–Trinajstić information content (AvgIpc) is 2.32. The van der Waals surface area contributed by atoms with E-state index in [1.165, 1.54) is 20.8 Å². The number of carbonyl (C=O) groups is 2. The van der Waals surface area contributed by atoms with E-state index >= 15 is 0 Å². The number of ether oxygens (including phenoxy) is 2. The Hall–Kier alpha value is -1.48. The van der Waals surface area contributed by atoms with Gasteiger partial charge in [-0.15, -0.1) is 0 Å². The minimum absolute atomic E-state index is 0.668. The molecule has 10 heteroatoms. The normalized spacial score (nSPS) is 13.2. The number of halogens is 6. The molecule has 0 aliphatic rings. The first-order valence-electron chi connectivity index (χ1n) is 5.62. The van der Waals surface area contributed by atoms with Crippen LogP contribution in [0.3, 0.4) is 0 Å². The lowest BCUT2D eigenvalue weighted by Gasteiger charge is -2.23. The number of rotatable bonds is 6. The molecule has 0 aromatic rings. The second-order valence-electron chi connectivity index (χ2n) is 5.02. The third-order valence-electron chi connectivity index (χ3n) is 2.11. The zero-order valence-corrected chi connectivity index (χ0v) is 11.4. The Morgan fingerprint density at radius 2 is 1.29 bits per heavy atom. The number of hydrogen-bond donors (Lipinski definition) is 0. The molecule has 0 heterocycles. The number of carbonyl (C=O) groups excluding carboxylic acids is 2. The number of esters is 2. The molecular weight excluding hydrogens is 310 g/mol. The van der Waals surface area contributed by atoms with Gasteiger partial charge in [0.15, 0.2) is 0 Å². The molecule has 0 fully saturated rings. The van der Waals surface area contributed by atoms with E-state index in [1.54, 1.807) is 0 Å². The summed E-state index contributed by atoms with van der Waals surface area (Å²) in [6.07, 6.45) is -4.74. The van der Waals surface area contributed by atoms with Gasteiger partial charge in [0.1, 0.15) is 13.2 Å². The van der Waals surface area contributed by atoms with Crippen LogP contribution in [0.25, 0.3) is 0 Å². The van der Waals surface area contributed by atoms with E-state index in [1.807, 2.05) is 0 Å². The molecule has 0 aliphatic carbocycles. The van der Waals surface area contributed by atoms with Gasteiger partial charge >= 0.3 is 30.2 Å². The fourth-order valence-corrected chi connectivity index (χ4v) is 0.849. The molecule has 0 aromatic heterocycles. The molecule has 0 aromatic carbocycles. The molecule has 0 spiro atoms. The predicted octanol–water partition coefficient (Wildman–Crippen LogP) is 2.65. The Bertz CT molecular complexity index is 389. The molecule has 0 atom stereocenters. The zero-order chi connectivity index (χ0) is 17.1. The highest BCUT2D eigenvalue weighted by Crippen LogP contribution is 2.39. The molecule has 0 rings (SSSR count). The van der Waals surface area contributed by atoms with Gasteiger partial charge in [0, 0.05) is 0 Å². The van der Waals surface area contributed by atoms with Gasteiger partial charge in [0.05, 0.1) is 5.41 Å². The van der Waals surface area contributed by atoms with Crippen molar-refractivity contribution < 1.29 is 45.4 Å². The van der Waals surface area contributed by atoms with E-state index in [0.29, 0.717) is 0 Å². The van der Waals surface area contributed by atoms with Crippen molar-refractivity contribution in [2.75, 3.05) is 13.2 Å². The summed E-state index contributed by atoms with van der Waals surface area (Å²) in [5, 5.41) is 0. The first kappa shape index (κ1) is 19.5. The standard InChI is InChI=1S/C11H14F6O4/c1-9(2,3)7(18)20-4-5-21-8(19)11(16,17)10(14,15)6(12)13/h6H,4-5H2,1-3H3. The first-order chi connectivity index (χ1) is 9.24. The third kappa shape index (κ3) is 4.78. The van der Waals surface area contributed by atoms with Crippen molar-refractivity contribution >= 4 is 11.9 Å². The van der Waals surface area contributed by atoms with Crippen LogP contribution in [0.15, 0.2) is 0 Å². The van der Waals surface area contributed by atoms with Gasteiger partial charge in [-0.25, -0.2) is 13.6 Å². The fourth-order valence-electron chi connectivity index (χ4n) is 0.849. The summed E-state index contributed by atoms with van der Waals surface area (Å²) in [5.41, 5.74) is -0.906. The summed E-state index contributed by atoms with van der Waals surface area (Å²) in [6.45, 7) is 2.82. The molecule has 0 saturated carbocycles. The smallest absolute Gasteiger partial charge is 0.410 e. The van der Waals surface area contributed by atoms with Crippen LogP contribution < -0.4 is 0 Å². The molecule has 0 amide bonds. The van der Waals surface area contributed by atoms with Crippen LogP contribution in [0.4, 0.5) is 26.3 Å². The Kier molecular flexibility index (Phi) is 6.06. The van der Waals surface area contributed by atoms with Crippen molar-refractivity contribution in [3.63, 3.8) is 0 Å². The van der Waals surface area contributed by atoms with Gasteiger partial charge in [-0.05, 0) is 20.8 Å². The van der Waals surface area contributed by atoms with Crippen LogP contribution in [0, 0.1) is 5.41 Å². The summed E-state index contributed by atoms with van der Waals surface area (Å²) >= 11 is 0. The van der Waals surface area contributed by atoms with E-state index in [0.717, 1.165) is 0 Å². The van der Waals surface area contributed by atoms with Crippen molar-refractivity contribution in [1.82, 2.24) is 0 Å². The largest absolute Gasteiger partial charge is 0.462 e. The van der Waals surface area contributed by atoms with Crippen molar-refractivity contribution in [2.24, 2.45) is 5.41 Å². The molecule has 4 nitrogen and oxygen atoms in total. The van der Waals surface area contributed by atoms with Crippen molar-refractivity contribution in [2.45, 2.75) is 39.0 Å². The van der Waals surface area contributed by atoms with E-state index in [-0.39, 0.29) is 0 Å². The summed E-state index contributed by atoms with van der Waals surface area (Å²) < 4.78 is 82.4. The van der Waals surface area contributed by atoms with Gasteiger partial charge in [-0.1, -0.05) is 0 Å². The van der Waals surface area contributed by atoms with Crippen LogP contribution in [0.2, 0.25) is 0 Å². The van der Waals surface area contributed by atoms with Crippen LogP contribution in [-0.4, -0.2) is 43.4 Å². The molecule has 0 N–H and O–H groups in total. The van der Waals surface area contributed by atoms with Gasteiger partial charge in [0.2, 0.25) is 0 Å². The number of alkyl halides is 6. The lowest BCUT2D eigenvalue weighted by molar-refractivity contribution is -0.266. The number of hydrogen-bond acceptors (Lipinski definition) is 4. The topological polar surface area (TPSA) is 52.6 Å².